The minimum absolute atomic E-state index is 0.0391. The number of nitrogens with zero attached hydrogens (tertiary/aromatic N) is 2. The Bertz CT molecular complexity index is 958. The fourth-order valence-electron chi connectivity index (χ4n) is 2.49. The molecule has 29 heavy (non-hydrogen) atoms. The Morgan fingerprint density at radius 1 is 1.34 bits per heavy atom. The van der Waals surface area contributed by atoms with Crippen LogP contribution in [0.5, 0.6) is 0 Å². The van der Waals surface area contributed by atoms with E-state index < -0.39 is 29.9 Å². The molecular formula is C17H19BrF2N4O4S. The van der Waals surface area contributed by atoms with Gasteiger partial charge in [-0.05, 0) is 41.8 Å². The van der Waals surface area contributed by atoms with Gasteiger partial charge in [0.2, 0.25) is 5.91 Å². The highest BCUT2D eigenvalue weighted by Crippen LogP contribution is 2.34. The number of halogens is 3. The van der Waals surface area contributed by atoms with E-state index in [2.05, 4.69) is 26.3 Å². The van der Waals surface area contributed by atoms with Crippen LogP contribution in [0.3, 0.4) is 0 Å². The fourth-order valence-corrected chi connectivity index (χ4v) is 4.01. The van der Waals surface area contributed by atoms with E-state index in [0.717, 1.165) is 16.0 Å². The molecule has 0 aliphatic carbocycles. The quantitative estimate of drug-likeness (QED) is 0.546. The summed E-state index contributed by atoms with van der Waals surface area (Å²) < 4.78 is 32.3. The fraction of sp³-hybridized carbons (Fsp3) is 0.412. The third-order valence-corrected chi connectivity index (χ3v) is 6.13. The number of thiophene rings is 1. The van der Waals surface area contributed by atoms with Crippen molar-refractivity contribution in [2.75, 3.05) is 11.9 Å². The number of esters is 1. The summed E-state index contributed by atoms with van der Waals surface area (Å²) in [5.74, 6) is -2.06. The molecule has 2 aromatic rings. The summed E-state index contributed by atoms with van der Waals surface area (Å²) >= 11 is 3.88. The Labute approximate surface area is 177 Å². The van der Waals surface area contributed by atoms with Crippen molar-refractivity contribution in [3.8, 4) is 0 Å². The zero-order chi connectivity index (χ0) is 21.9. The van der Waals surface area contributed by atoms with Gasteiger partial charge in [0.05, 0.1) is 27.2 Å². The van der Waals surface area contributed by atoms with Crippen molar-refractivity contribution in [1.82, 2.24) is 9.78 Å². The van der Waals surface area contributed by atoms with Crippen molar-refractivity contribution in [1.29, 1.82) is 0 Å². The lowest BCUT2D eigenvalue weighted by atomic mass is 10.1. The van der Waals surface area contributed by atoms with Crippen LogP contribution in [-0.2, 0) is 16.1 Å². The SMILES string of the molecule is CCCOC(=O)c1c(NC(=O)Cn2nc(C(F)F)c(Br)c2C)sc(C(N)=O)c1C. The number of primary amides is 1. The molecule has 0 radical (unpaired) electrons. The topological polar surface area (TPSA) is 116 Å². The normalized spacial score (nSPS) is 11.0. The first-order chi connectivity index (χ1) is 13.6. The molecule has 8 nitrogen and oxygen atoms in total. The Morgan fingerprint density at radius 3 is 2.52 bits per heavy atom. The molecule has 0 fully saturated rings. The van der Waals surface area contributed by atoms with E-state index >= 15 is 0 Å². The van der Waals surface area contributed by atoms with Crippen LogP contribution >= 0.6 is 27.3 Å². The number of ether oxygens (including phenoxy) is 1. The van der Waals surface area contributed by atoms with E-state index in [4.69, 9.17) is 10.5 Å². The number of alkyl halides is 2. The number of hydrogen-bond acceptors (Lipinski definition) is 6. The summed E-state index contributed by atoms with van der Waals surface area (Å²) in [5.41, 5.74) is 5.55. The summed E-state index contributed by atoms with van der Waals surface area (Å²) in [4.78, 5) is 36.6. The second-order valence-corrected chi connectivity index (χ2v) is 7.87. The zero-order valence-corrected chi connectivity index (χ0v) is 18.2. The van der Waals surface area contributed by atoms with Crippen LogP contribution in [-0.4, -0.2) is 34.2 Å². The highest BCUT2D eigenvalue weighted by molar-refractivity contribution is 9.10. The van der Waals surface area contributed by atoms with Gasteiger partial charge in [0, 0.05) is 0 Å². The number of carbonyl (C=O) groups excluding carboxylic acids is 3. The van der Waals surface area contributed by atoms with Crippen LogP contribution in [0.2, 0.25) is 0 Å². The maximum Gasteiger partial charge on any atom is 0.341 e. The summed E-state index contributed by atoms with van der Waals surface area (Å²) in [7, 11) is 0. The van der Waals surface area contributed by atoms with E-state index in [1.807, 2.05) is 6.92 Å². The van der Waals surface area contributed by atoms with Crippen molar-refractivity contribution in [2.45, 2.75) is 40.2 Å². The van der Waals surface area contributed by atoms with E-state index in [1.165, 1.54) is 13.8 Å². The van der Waals surface area contributed by atoms with Gasteiger partial charge in [-0.15, -0.1) is 11.3 Å². The first-order valence-electron chi connectivity index (χ1n) is 8.49. The van der Waals surface area contributed by atoms with Crippen molar-refractivity contribution >= 4 is 50.1 Å². The van der Waals surface area contributed by atoms with E-state index in [-0.39, 0.29) is 33.1 Å². The van der Waals surface area contributed by atoms with Crippen LogP contribution in [0.15, 0.2) is 4.47 Å². The lowest BCUT2D eigenvalue weighted by molar-refractivity contribution is -0.116. The van der Waals surface area contributed by atoms with Crippen LogP contribution < -0.4 is 11.1 Å². The molecule has 0 atom stereocenters. The standard InChI is InChI=1S/C17H19BrF2N4O4S/c1-4-5-28-17(27)10-7(2)13(15(21)26)29-16(10)22-9(25)6-24-8(3)11(18)12(23-24)14(19)20/h14H,4-6H2,1-3H3,(H2,21,26)(H,22,25). The van der Waals surface area contributed by atoms with Gasteiger partial charge in [-0.25, -0.2) is 13.6 Å². The third-order valence-electron chi connectivity index (χ3n) is 3.92. The predicted octanol–water partition coefficient (Wildman–Crippen LogP) is 3.57. The van der Waals surface area contributed by atoms with Crippen molar-refractivity contribution in [3.63, 3.8) is 0 Å². The van der Waals surface area contributed by atoms with Gasteiger partial charge in [-0.2, -0.15) is 5.10 Å². The van der Waals surface area contributed by atoms with Gasteiger partial charge < -0.3 is 15.8 Å². The van der Waals surface area contributed by atoms with Gasteiger partial charge in [0.25, 0.3) is 12.3 Å². The van der Waals surface area contributed by atoms with E-state index in [1.54, 1.807) is 0 Å². The largest absolute Gasteiger partial charge is 0.462 e. The smallest absolute Gasteiger partial charge is 0.341 e. The Hall–Kier alpha value is -2.34. The van der Waals surface area contributed by atoms with Crippen molar-refractivity contribution < 1.29 is 27.9 Å². The number of nitrogens with one attached hydrogen (secondary N) is 1. The maximum atomic E-state index is 13.0. The molecule has 0 saturated heterocycles. The second-order valence-electron chi connectivity index (χ2n) is 6.05. The highest BCUT2D eigenvalue weighted by Gasteiger charge is 2.26. The van der Waals surface area contributed by atoms with Crippen LogP contribution in [0.1, 0.15) is 56.8 Å². The molecule has 0 unspecified atom stereocenters. The monoisotopic (exact) mass is 492 g/mol. The second kappa shape index (κ2) is 9.44. The van der Waals surface area contributed by atoms with Gasteiger partial charge in [-0.1, -0.05) is 6.92 Å². The average molecular weight is 493 g/mol. The summed E-state index contributed by atoms with van der Waals surface area (Å²) in [5, 5.41) is 6.36. The van der Waals surface area contributed by atoms with Crippen LogP contribution in [0.4, 0.5) is 13.8 Å². The van der Waals surface area contributed by atoms with Crippen LogP contribution in [0, 0.1) is 13.8 Å². The summed E-state index contributed by atoms with van der Waals surface area (Å²) in [6, 6.07) is 0. The van der Waals surface area contributed by atoms with Crippen molar-refractivity contribution in [3.05, 3.63) is 31.9 Å². The Morgan fingerprint density at radius 2 is 2.00 bits per heavy atom. The van der Waals surface area contributed by atoms with Crippen LogP contribution in [0.25, 0.3) is 0 Å². The van der Waals surface area contributed by atoms with Crippen molar-refractivity contribution in [2.24, 2.45) is 5.73 Å². The molecule has 158 valence electrons. The number of rotatable bonds is 8. The molecule has 0 aliphatic rings. The number of hydrogen-bond donors (Lipinski definition) is 2. The summed E-state index contributed by atoms with van der Waals surface area (Å²) in [6.45, 7) is 4.68. The van der Waals surface area contributed by atoms with Gasteiger partial charge in [-0.3, -0.25) is 14.3 Å². The number of aromatic nitrogens is 2. The molecule has 2 heterocycles. The van der Waals surface area contributed by atoms with Gasteiger partial charge >= 0.3 is 5.97 Å². The van der Waals surface area contributed by atoms with Gasteiger partial charge in [0.1, 0.15) is 17.2 Å². The molecule has 0 aromatic carbocycles. The molecule has 2 amide bonds. The third kappa shape index (κ3) is 4.99. The molecule has 12 heteroatoms. The lowest BCUT2D eigenvalue weighted by Gasteiger charge is -2.08. The molecule has 0 saturated carbocycles. The lowest BCUT2D eigenvalue weighted by Crippen LogP contribution is -2.21. The predicted molar refractivity (Wildman–Crippen MR) is 106 cm³/mol. The average Bonchev–Trinajstić information content (AvgIpc) is 3.11. The minimum Gasteiger partial charge on any atom is -0.462 e. The maximum absolute atomic E-state index is 13.0. The molecule has 2 aromatic heterocycles. The number of anilines is 1. The van der Waals surface area contributed by atoms with E-state index in [0.29, 0.717) is 17.7 Å². The molecular weight excluding hydrogens is 474 g/mol. The molecule has 0 spiro atoms. The number of amides is 2. The molecule has 3 N–H and O–H groups in total. The van der Waals surface area contributed by atoms with Gasteiger partial charge in [0.15, 0.2) is 0 Å². The van der Waals surface area contributed by atoms with E-state index in [9.17, 15) is 23.2 Å². The number of carbonyl (C=O) groups is 3. The first-order valence-corrected chi connectivity index (χ1v) is 10.1. The molecule has 2 rings (SSSR count). The number of nitrogens with two attached hydrogens (primary N) is 1. The Kier molecular flexibility index (Phi) is 7.47. The molecule has 0 aliphatic heterocycles. The highest BCUT2D eigenvalue weighted by atomic mass is 79.9. The summed E-state index contributed by atoms with van der Waals surface area (Å²) in [6.07, 6.45) is -2.20. The first kappa shape index (κ1) is 22.9. The minimum atomic E-state index is -2.80. The molecule has 0 bridgehead atoms. The zero-order valence-electron chi connectivity index (χ0n) is 15.8. The Balaban J connectivity index is 2.30.